The second-order valence-corrected chi connectivity index (χ2v) is 2.55. The number of rotatable bonds is 1. The van der Waals surface area contributed by atoms with Gasteiger partial charge in [-0.3, -0.25) is 4.79 Å². The second-order valence-electron chi connectivity index (χ2n) is 0.227. The monoisotopic (exact) mass is 188 g/mol. The van der Waals surface area contributed by atoms with Gasteiger partial charge in [-0.2, -0.15) is 0 Å². The predicted molar refractivity (Wildman–Crippen MR) is 29.1 cm³/mol. The van der Waals surface area contributed by atoms with Crippen LogP contribution in [-0.4, -0.2) is 6.03 Å². The molecule has 0 saturated heterocycles. The average molecular weight is 188 g/mol. The van der Waals surface area contributed by atoms with Crippen molar-refractivity contribution in [1.82, 2.24) is 0 Å². The quantitative estimate of drug-likeness (QED) is 0.343. The van der Waals surface area contributed by atoms with Gasteiger partial charge in [0.1, 0.15) is 6.03 Å². The van der Waals surface area contributed by atoms with Crippen LogP contribution in [0.4, 0.5) is 0 Å². The molecule has 0 bridgehead atoms. The van der Waals surface area contributed by atoms with E-state index in [4.69, 9.17) is 0 Å². The van der Waals surface area contributed by atoms with Crippen LogP contribution in [0, 0.1) is 0 Å². The minimum Gasteiger partial charge on any atom is -0.298 e. The van der Waals surface area contributed by atoms with Crippen LogP contribution < -0.4 is 0 Å². The molecule has 24 valence electrons. The minimum atomic E-state index is 0.430. The highest BCUT2D eigenvalue weighted by Gasteiger charge is 1.54. The van der Waals surface area contributed by atoms with Crippen LogP contribution in [-0.2, 0) is 4.79 Å². The highest BCUT2D eigenvalue weighted by molar-refractivity contribution is 14.2. The summed E-state index contributed by atoms with van der Waals surface area (Å²) in [5, 5.41) is 0. The van der Waals surface area contributed by atoms with Gasteiger partial charge in [0.25, 0.3) is 0 Å². The summed E-state index contributed by atoms with van der Waals surface area (Å²) in [6.07, 6.45) is 0.430. The third kappa shape index (κ3) is 2.83. The Morgan fingerprint density at radius 2 is 2.25 bits per heavy atom. The Kier molecular flexibility index (Phi) is 4.62. The Morgan fingerprint density at radius 3 is 2.25 bits per heavy atom. The fraction of sp³-hybridized carbons (Fsp3) is 0. The molecular weight excluding hydrogens is 186 g/mol. The number of carbonyl (C=O) groups excluding carboxylic acids is 1. The van der Waals surface area contributed by atoms with Gasteiger partial charge in [-0.25, -0.2) is 0 Å². The van der Waals surface area contributed by atoms with Crippen LogP contribution >= 0.6 is 28.3 Å². The predicted octanol–water partition coefficient (Wildman–Crippen LogP) is 1.21. The van der Waals surface area contributed by atoms with Crippen LogP contribution in [0.15, 0.2) is 0 Å². The highest BCUT2D eigenvalue weighted by atomic mass is 127. The molecule has 0 N–H and O–H groups in total. The molecule has 4 heavy (non-hydrogen) atoms. The van der Waals surface area contributed by atoms with E-state index in [1.54, 1.807) is 0 Å². The Hall–Kier alpha value is 0.830. The fourth-order valence-electron chi connectivity index (χ4n) is 0. The second kappa shape index (κ2) is 3.83. The van der Waals surface area contributed by atoms with Crippen molar-refractivity contribution in [3.05, 3.63) is 0 Å². The molecule has 1 nitrogen and oxygen atoms in total. The van der Waals surface area contributed by atoms with Gasteiger partial charge in [-0.05, 0) is 22.0 Å². The van der Waals surface area contributed by atoms with Crippen LogP contribution in [0.3, 0.4) is 0 Å². The third-order valence-corrected chi connectivity index (χ3v) is 0.896. The summed E-state index contributed by atoms with van der Waals surface area (Å²) in [6.45, 7) is 0. The first-order valence-electron chi connectivity index (χ1n) is 0.713. The molecule has 0 amide bonds. The van der Waals surface area contributed by atoms with Crippen LogP contribution in [0.5, 0.6) is 0 Å². The zero-order valence-corrected chi connectivity index (χ0v) is 5.02. The van der Waals surface area contributed by atoms with Crippen molar-refractivity contribution in [3.63, 3.8) is 0 Å². The zero-order chi connectivity index (χ0) is 3.41. The molecule has 1 atom stereocenters. The SMILES string of the molecule is O=CPI. The van der Waals surface area contributed by atoms with Crippen molar-refractivity contribution < 1.29 is 4.79 Å². The van der Waals surface area contributed by atoms with E-state index in [-0.39, 0.29) is 0 Å². The maximum Gasteiger partial charge on any atom is 0.148 e. The molecule has 0 aromatic carbocycles. The summed E-state index contributed by atoms with van der Waals surface area (Å²) >= 11 is 2.01. The van der Waals surface area contributed by atoms with E-state index >= 15 is 0 Å². The van der Waals surface area contributed by atoms with Crippen LogP contribution in [0.25, 0.3) is 0 Å². The lowest BCUT2D eigenvalue weighted by atomic mass is 11.8. The normalized spacial score (nSPS) is 9.25. The van der Waals surface area contributed by atoms with Gasteiger partial charge < -0.3 is 0 Å². The van der Waals surface area contributed by atoms with Crippen molar-refractivity contribution >= 4 is 34.3 Å². The third-order valence-electron chi connectivity index (χ3n) is 0.0445. The number of carbonyl (C=O) groups is 1. The molecule has 3 heteroatoms. The minimum absolute atomic E-state index is 0.430. The topological polar surface area (TPSA) is 17.1 Å². The lowest BCUT2D eigenvalue weighted by molar-refractivity contribution is 0.570. The lowest BCUT2D eigenvalue weighted by Gasteiger charge is -1.49. The molecule has 0 spiro atoms. The van der Waals surface area contributed by atoms with Crippen LogP contribution in [0.1, 0.15) is 0 Å². The van der Waals surface area contributed by atoms with E-state index in [0.717, 1.165) is 6.03 Å². The summed E-state index contributed by atoms with van der Waals surface area (Å²) in [7, 11) is 0. The Labute approximate surface area is 39.4 Å². The van der Waals surface area contributed by atoms with E-state index in [2.05, 4.69) is 0 Å². The molecule has 0 radical (unpaired) electrons. The van der Waals surface area contributed by atoms with Gasteiger partial charge in [0.15, 0.2) is 0 Å². The molecule has 0 aliphatic rings. The maximum absolute atomic E-state index is 9.18. The molecule has 0 saturated carbocycles. The van der Waals surface area contributed by atoms with Gasteiger partial charge in [-0.1, -0.05) is 0 Å². The van der Waals surface area contributed by atoms with Crippen molar-refractivity contribution in [2.75, 3.05) is 0 Å². The largest absolute Gasteiger partial charge is 0.298 e. The van der Waals surface area contributed by atoms with Crippen LogP contribution in [0.2, 0.25) is 0 Å². The Bertz CT molecular complexity index is 22.0. The van der Waals surface area contributed by atoms with E-state index in [1.807, 2.05) is 22.0 Å². The van der Waals surface area contributed by atoms with E-state index in [1.165, 1.54) is 0 Å². The first-order chi connectivity index (χ1) is 1.91. The van der Waals surface area contributed by atoms with Gasteiger partial charge in [0.05, 0.1) is 0 Å². The summed E-state index contributed by atoms with van der Waals surface area (Å²) in [5.74, 6) is 0. The zero-order valence-electron chi connectivity index (χ0n) is 1.86. The molecule has 1 unspecified atom stereocenters. The Morgan fingerprint density at radius 1 is 2.00 bits per heavy atom. The maximum atomic E-state index is 9.18. The average Bonchev–Trinajstić information content (AvgIpc) is 1.37. The first-order valence-corrected chi connectivity index (χ1v) is 4.90. The lowest BCUT2D eigenvalue weighted by Crippen LogP contribution is -1.29. The molecular formula is CH2IOP. The number of halogens is 1. The molecule has 0 aromatic rings. The fourth-order valence-corrected chi connectivity index (χ4v) is 0. The van der Waals surface area contributed by atoms with Crippen molar-refractivity contribution in [2.24, 2.45) is 0 Å². The van der Waals surface area contributed by atoms with Gasteiger partial charge in [0, 0.05) is 6.22 Å². The Balaban J connectivity index is 2.30. The number of hydrogen-bond acceptors (Lipinski definition) is 1. The van der Waals surface area contributed by atoms with Gasteiger partial charge in [-0.15, -0.1) is 0 Å². The summed E-state index contributed by atoms with van der Waals surface area (Å²) < 4.78 is 0. The van der Waals surface area contributed by atoms with Crippen molar-refractivity contribution in [3.8, 4) is 0 Å². The highest BCUT2D eigenvalue weighted by Crippen LogP contribution is 2.13. The van der Waals surface area contributed by atoms with Crippen molar-refractivity contribution in [2.45, 2.75) is 0 Å². The summed E-state index contributed by atoms with van der Waals surface area (Å²) in [5.41, 5.74) is 0. The molecule has 0 rings (SSSR count). The standard InChI is InChI=1S/CH2IOP/c2-4-1-3/h1,4H. The molecule has 0 fully saturated rings. The molecule has 0 aliphatic carbocycles. The smallest absolute Gasteiger partial charge is 0.148 e. The van der Waals surface area contributed by atoms with E-state index in [9.17, 15) is 4.79 Å². The molecule has 0 aromatic heterocycles. The van der Waals surface area contributed by atoms with E-state index in [0.29, 0.717) is 6.22 Å². The summed E-state index contributed by atoms with van der Waals surface area (Å²) in [4.78, 5) is 9.18. The van der Waals surface area contributed by atoms with E-state index < -0.39 is 0 Å². The molecule has 0 aliphatic heterocycles. The molecule has 0 heterocycles. The number of hydrogen-bond donors (Lipinski definition) is 0. The van der Waals surface area contributed by atoms with Crippen molar-refractivity contribution in [1.29, 1.82) is 0 Å². The van der Waals surface area contributed by atoms with Gasteiger partial charge in [0.2, 0.25) is 0 Å². The summed E-state index contributed by atoms with van der Waals surface area (Å²) in [6, 6.07) is 0.889. The first kappa shape index (κ1) is 4.83. The van der Waals surface area contributed by atoms with Gasteiger partial charge >= 0.3 is 0 Å².